The molecule has 0 N–H and O–H groups in total. The Morgan fingerprint density at radius 3 is 1.39 bits per heavy atom. The Balaban J connectivity index is 2.24. The fourth-order valence-electron chi connectivity index (χ4n) is 3.35. The zero-order valence-electron chi connectivity index (χ0n) is 13.9. The lowest BCUT2D eigenvalue weighted by Crippen LogP contribution is -2.32. The zero-order valence-corrected chi connectivity index (χ0v) is 14.8. The van der Waals surface area contributed by atoms with Crippen LogP contribution in [0.25, 0.3) is 0 Å². The van der Waals surface area contributed by atoms with Gasteiger partial charge in [0.25, 0.3) is 0 Å². The summed E-state index contributed by atoms with van der Waals surface area (Å²) < 4.78 is 0. The molecule has 0 nitrogen and oxygen atoms in total. The van der Waals surface area contributed by atoms with Crippen molar-refractivity contribution in [3.63, 3.8) is 0 Å². The van der Waals surface area contributed by atoms with Gasteiger partial charge in [0.2, 0.25) is 0 Å². The van der Waals surface area contributed by atoms with Gasteiger partial charge in [0, 0.05) is 0 Å². The molecule has 1 radical (unpaired) electrons. The van der Waals surface area contributed by atoms with Crippen LogP contribution in [0.4, 0.5) is 0 Å². The monoisotopic (exact) mass is 319 g/mol. The molecule has 3 rings (SSSR count). The van der Waals surface area contributed by atoms with E-state index in [1.807, 2.05) is 0 Å². The topological polar surface area (TPSA) is 0 Å². The number of rotatable bonds is 5. The third-order valence-corrected chi connectivity index (χ3v) is 9.14. The molecule has 3 aromatic rings. The van der Waals surface area contributed by atoms with Crippen LogP contribution >= 0.6 is 7.26 Å². The summed E-state index contributed by atoms with van der Waals surface area (Å²) in [6.07, 6.45) is 2.24. The summed E-state index contributed by atoms with van der Waals surface area (Å²) in [7, 11) is -1.56. The van der Waals surface area contributed by atoms with Gasteiger partial charge >= 0.3 is 0 Å². The molecule has 0 aliphatic rings. The molecule has 0 aromatic heterocycles. The lowest BCUT2D eigenvalue weighted by atomic mass is 10.2. The molecule has 0 heterocycles. The van der Waals surface area contributed by atoms with E-state index in [1.165, 1.54) is 21.5 Å². The first-order valence-electron chi connectivity index (χ1n) is 8.40. The lowest BCUT2D eigenvalue weighted by molar-refractivity contribution is 1.14. The second-order valence-electron chi connectivity index (χ2n) is 5.82. The average Bonchev–Trinajstić information content (AvgIpc) is 2.65. The van der Waals surface area contributed by atoms with E-state index < -0.39 is 7.26 Å². The quantitative estimate of drug-likeness (QED) is 0.605. The van der Waals surface area contributed by atoms with Gasteiger partial charge in [0.15, 0.2) is 0 Å². The molecule has 0 amide bonds. The van der Waals surface area contributed by atoms with E-state index in [-0.39, 0.29) is 0 Å². The van der Waals surface area contributed by atoms with Crippen LogP contribution in [0.1, 0.15) is 19.4 Å². The van der Waals surface area contributed by atoms with E-state index >= 15 is 0 Å². The van der Waals surface area contributed by atoms with Crippen molar-refractivity contribution in [3.8, 4) is 0 Å². The lowest BCUT2D eigenvalue weighted by Gasteiger charge is -2.37. The van der Waals surface area contributed by atoms with Crippen LogP contribution in [0.2, 0.25) is 0 Å². The van der Waals surface area contributed by atoms with E-state index in [1.54, 1.807) is 0 Å². The maximum atomic E-state index is 2.36. The number of benzene rings is 3. The van der Waals surface area contributed by atoms with Crippen molar-refractivity contribution in [3.05, 3.63) is 90.5 Å². The van der Waals surface area contributed by atoms with Crippen LogP contribution in [-0.4, -0.2) is 6.16 Å². The summed E-state index contributed by atoms with van der Waals surface area (Å²) in [5.74, 6) is 0. The van der Waals surface area contributed by atoms with Crippen molar-refractivity contribution in [2.45, 2.75) is 20.3 Å². The van der Waals surface area contributed by atoms with Gasteiger partial charge in [-0.3, -0.25) is 0 Å². The molecule has 0 bridgehead atoms. The molecule has 0 saturated carbocycles. The van der Waals surface area contributed by atoms with Gasteiger partial charge in [0.1, 0.15) is 0 Å². The SMILES string of the molecule is CCc1ccc([P](CC)(c2ccccc2)c2ccccc2)cc1. The molecule has 1 heteroatoms. The Bertz CT molecular complexity index is 690. The van der Waals surface area contributed by atoms with Crippen molar-refractivity contribution in [2.75, 3.05) is 6.16 Å². The van der Waals surface area contributed by atoms with Gasteiger partial charge in [0.05, 0.1) is 0 Å². The largest absolute Gasteiger partial charge is 0.0622 e. The van der Waals surface area contributed by atoms with E-state index in [2.05, 4.69) is 98.8 Å². The highest BCUT2D eigenvalue weighted by atomic mass is 31.2. The molecular weight excluding hydrogens is 295 g/mol. The first-order valence-corrected chi connectivity index (χ1v) is 10.4. The highest BCUT2D eigenvalue weighted by Gasteiger charge is 2.31. The van der Waals surface area contributed by atoms with Crippen LogP contribution < -0.4 is 15.9 Å². The first kappa shape index (κ1) is 16.0. The molecule has 0 saturated heterocycles. The highest BCUT2D eigenvalue weighted by Crippen LogP contribution is 2.54. The fraction of sp³-hybridized carbons (Fsp3) is 0.182. The van der Waals surface area contributed by atoms with Crippen LogP contribution in [0.15, 0.2) is 84.9 Å². The van der Waals surface area contributed by atoms with Gasteiger partial charge in [-0.25, -0.2) is 0 Å². The summed E-state index contributed by atoms with van der Waals surface area (Å²) in [6, 6.07) is 31.4. The molecule has 0 atom stereocenters. The Morgan fingerprint density at radius 1 is 0.565 bits per heavy atom. The molecule has 0 spiro atoms. The van der Waals surface area contributed by atoms with Crippen LogP contribution in [0.5, 0.6) is 0 Å². The predicted octanol–water partition coefficient (Wildman–Crippen LogP) is 4.56. The smallest absolute Gasteiger partial charge is 0.0196 e. The van der Waals surface area contributed by atoms with Crippen LogP contribution in [0.3, 0.4) is 0 Å². The van der Waals surface area contributed by atoms with Gasteiger partial charge in [-0.15, -0.1) is 0 Å². The van der Waals surface area contributed by atoms with Gasteiger partial charge in [-0.1, -0.05) is 98.8 Å². The van der Waals surface area contributed by atoms with Crippen molar-refractivity contribution in [1.29, 1.82) is 0 Å². The number of aryl methyl sites for hydroxylation is 1. The second kappa shape index (κ2) is 7.11. The van der Waals surface area contributed by atoms with Crippen LogP contribution in [0, 0.1) is 0 Å². The molecule has 0 fully saturated rings. The Morgan fingerprint density at radius 2 is 1.00 bits per heavy atom. The minimum atomic E-state index is -1.56. The summed E-state index contributed by atoms with van der Waals surface area (Å²) in [5.41, 5.74) is 1.41. The minimum absolute atomic E-state index is 1.09. The van der Waals surface area contributed by atoms with E-state index in [0.29, 0.717) is 0 Å². The predicted molar refractivity (Wildman–Crippen MR) is 105 cm³/mol. The van der Waals surface area contributed by atoms with Crippen molar-refractivity contribution < 1.29 is 0 Å². The highest BCUT2D eigenvalue weighted by molar-refractivity contribution is 7.95. The van der Waals surface area contributed by atoms with E-state index in [4.69, 9.17) is 0 Å². The van der Waals surface area contributed by atoms with Crippen molar-refractivity contribution in [1.82, 2.24) is 0 Å². The van der Waals surface area contributed by atoms with E-state index in [0.717, 1.165) is 12.6 Å². The minimum Gasteiger partial charge on any atom is -0.0622 e. The van der Waals surface area contributed by atoms with Crippen LogP contribution in [-0.2, 0) is 6.42 Å². The number of hydrogen-bond acceptors (Lipinski definition) is 0. The summed E-state index contributed by atoms with van der Waals surface area (Å²) in [4.78, 5) is 0. The fourth-order valence-corrected chi connectivity index (χ4v) is 7.36. The third kappa shape index (κ3) is 2.96. The molecule has 0 aliphatic heterocycles. The third-order valence-electron chi connectivity index (χ3n) is 4.65. The molecule has 23 heavy (non-hydrogen) atoms. The Labute approximate surface area is 140 Å². The molecular formula is C22H24P. The molecule has 117 valence electrons. The number of hydrogen-bond donors (Lipinski definition) is 0. The molecule has 0 aliphatic carbocycles. The molecule has 3 aromatic carbocycles. The summed E-state index contributed by atoms with van der Waals surface area (Å²) in [6.45, 7) is 4.55. The average molecular weight is 319 g/mol. The van der Waals surface area contributed by atoms with E-state index in [9.17, 15) is 0 Å². The Kier molecular flexibility index (Phi) is 4.94. The normalized spacial score (nSPS) is 11.4. The second-order valence-corrected chi connectivity index (χ2v) is 9.62. The molecule has 0 unspecified atom stereocenters. The maximum absolute atomic E-state index is 2.36. The standard InChI is InChI=1S/C22H24P/c1-3-19-15-17-22(18-16-19)23(4-2,20-11-7-5-8-12-20)21-13-9-6-10-14-21/h5-18H,3-4H2,1-2H3. The Hall–Kier alpha value is -1.91. The van der Waals surface area contributed by atoms with Gasteiger partial charge in [-0.2, -0.15) is 0 Å². The van der Waals surface area contributed by atoms with Gasteiger partial charge < -0.3 is 0 Å². The zero-order chi connectivity index (χ0) is 16.1. The van der Waals surface area contributed by atoms with Crippen molar-refractivity contribution in [2.24, 2.45) is 0 Å². The van der Waals surface area contributed by atoms with Gasteiger partial charge in [-0.05, 0) is 41.3 Å². The summed E-state index contributed by atoms with van der Waals surface area (Å²) in [5, 5.41) is 4.42. The maximum Gasteiger partial charge on any atom is -0.0196 e. The van der Waals surface area contributed by atoms with Crippen molar-refractivity contribution >= 4 is 23.2 Å². The first-order chi connectivity index (χ1) is 11.3. The summed E-state index contributed by atoms with van der Waals surface area (Å²) >= 11 is 0.